The van der Waals surface area contributed by atoms with Crippen LogP contribution >= 0.6 is 0 Å². The number of alkyl halides is 2. The number of benzene rings is 1. The Kier molecular flexibility index (Phi) is 4.58. The summed E-state index contributed by atoms with van der Waals surface area (Å²) in [5.41, 5.74) is -0.839. The van der Waals surface area contributed by atoms with E-state index in [1.54, 1.807) is 26.8 Å². The number of halogens is 2. The van der Waals surface area contributed by atoms with Crippen LogP contribution in [0.2, 0.25) is 0 Å². The zero-order valence-corrected chi connectivity index (χ0v) is 10.9. The first-order valence-electron chi connectivity index (χ1n) is 5.62. The normalized spacial score (nSPS) is 11.3. The van der Waals surface area contributed by atoms with Crippen molar-refractivity contribution in [3.63, 3.8) is 0 Å². The number of ether oxygens (including phenoxy) is 1. The third kappa shape index (κ3) is 4.31. The molecule has 0 unspecified atom stereocenters. The molecule has 0 aromatic heterocycles. The van der Waals surface area contributed by atoms with Crippen LogP contribution in [0.3, 0.4) is 0 Å². The third-order valence-corrected chi connectivity index (χ3v) is 2.00. The van der Waals surface area contributed by atoms with Crippen LogP contribution in [0.1, 0.15) is 20.8 Å². The summed E-state index contributed by atoms with van der Waals surface area (Å²) in [4.78, 5) is 23.6. The zero-order chi connectivity index (χ0) is 14.6. The van der Waals surface area contributed by atoms with Crippen molar-refractivity contribution in [3.8, 4) is 0 Å². The van der Waals surface area contributed by atoms with E-state index >= 15 is 0 Å². The SMILES string of the molecule is CC(C)(C)OC(=O)N(C(=O)C(F)F)c1ccccc1. The van der Waals surface area contributed by atoms with E-state index < -0.39 is 24.0 Å². The summed E-state index contributed by atoms with van der Waals surface area (Å²) in [5.74, 6) is -1.61. The Morgan fingerprint density at radius 2 is 1.68 bits per heavy atom. The van der Waals surface area contributed by atoms with Gasteiger partial charge in [0.15, 0.2) is 0 Å². The Hall–Kier alpha value is -1.98. The number of amides is 2. The van der Waals surface area contributed by atoms with Crippen LogP contribution in [0.15, 0.2) is 30.3 Å². The molecule has 0 aliphatic rings. The Balaban J connectivity index is 3.07. The van der Waals surface area contributed by atoms with E-state index in [1.165, 1.54) is 24.3 Å². The minimum Gasteiger partial charge on any atom is -0.443 e. The van der Waals surface area contributed by atoms with Crippen molar-refractivity contribution >= 4 is 17.7 Å². The summed E-state index contributed by atoms with van der Waals surface area (Å²) in [6.07, 6.45) is -4.41. The van der Waals surface area contributed by atoms with Crippen molar-refractivity contribution in [2.45, 2.75) is 32.8 Å². The number of rotatable bonds is 2. The largest absolute Gasteiger partial charge is 0.443 e. The van der Waals surface area contributed by atoms with Crippen LogP contribution in [0.25, 0.3) is 0 Å². The number of imide groups is 1. The molecule has 19 heavy (non-hydrogen) atoms. The minimum absolute atomic E-state index is 0.0436. The summed E-state index contributed by atoms with van der Waals surface area (Å²) in [6.45, 7) is 4.75. The van der Waals surface area contributed by atoms with Crippen LogP contribution in [-0.2, 0) is 9.53 Å². The molecule has 0 heterocycles. The number of carbonyl (C=O) groups excluding carboxylic acids is 2. The van der Waals surface area contributed by atoms with Crippen molar-refractivity contribution in [2.24, 2.45) is 0 Å². The third-order valence-electron chi connectivity index (χ3n) is 2.00. The van der Waals surface area contributed by atoms with Crippen LogP contribution in [0, 0.1) is 0 Å². The fraction of sp³-hybridized carbons (Fsp3) is 0.385. The number of carbonyl (C=O) groups is 2. The van der Waals surface area contributed by atoms with Gasteiger partial charge in [-0.25, -0.2) is 9.69 Å². The molecule has 0 radical (unpaired) electrons. The first-order valence-corrected chi connectivity index (χ1v) is 5.62. The van der Waals surface area contributed by atoms with E-state index in [9.17, 15) is 18.4 Å². The predicted molar refractivity (Wildman–Crippen MR) is 66.2 cm³/mol. The molecule has 1 aromatic carbocycles. The lowest BCUT2D eigenvalue weighted by Gasteiger charge is -2.25. The maximum absolute atomic E-state index is 12.6. The number of hydrogen-bond donors (Lipinski definition) is 0. The van der Waals surface area contributed by atoms with Gasteiger partial charge in [-0.15, -0.1) is 0 Å². The predicted octanol–water partition coefficient (Wildman–Crippen LogP) is 3.22. The van der Waals surface area contributed by atoms with E-state index in [0.717, 1.165) is 0 Å². The molecule has 1 rings (SSSR count). The molecule has 0 saturated carbocycles. The molecule has 104 valence electrons. The molecule has 0 atom stereocenters. The zero-order valence-electron chi connectivity index (χ0n) is 10.9. The van der Waals surface area contributed by atoms with Crippen LogP contribution in [0.5, 0.6) is 0 Å². The van der Waals surface area contributed by atoms with E-state index in [1.807, 2.05) is 0 Å². The smallest absolute Gasteiger partial charge is 0.421 e. The second-order valence-corrected chi connectivity index (χ2v) is 4.79. The average Bonchev–Trinajstić information content (AvgIpc) is 2.28. The van der Waals surface area contributed by atoms with Gasteiger partial charge in [0.25, 0.3) is 0 Å². The van der Waals surface area contributed by atoms with Gasteiger partial charge in [-0.05, 0) is 32.9 Å². The molecule has 0 saturated heterocycles. The number of hydrogen-bond acceptors (Lipinski definition) is 3. The summed E-state index contributed by atoms with van der Waals surface area (Å²) < 4.78 is 30.1. The molecule has 0 fully saturated rings. The van der Waals surface area contributed by atoms with Gasteiger partial charge in [0.1, 0.15) is 5.60 Å². The standard InChI is InChI=1S/C13H15F2NO3/c1-13(2,3)19-12(18)16(11(17)10(14)15)9-7-5-4-6-8-9/h4-8,10H,1-3H3. The highest BCUT2D eigenvalue weighted by molar-refractivity contribution is 6.13. The fourth-order valence-electron chi connectivity index (χ4n) is 1.30. The van der Waals surface area contributed by atoms with E-state index in [2.05, 4.69) is 0 Å². The summed E-state index contributed by atoms with van der Waals surface area (Å²) >= 11 is 0. The van der Waals surface area contributed by atoms with Crippen molar-refractivity contribution in [2.75, 3.05) is 4.90 Å². The molecular weight excluding hydrogens is 256 g/mol. The van der Waals surface area contributed by atoms with Gasteiger partial charge in [-0.1, -0.05) is 18.2 Å². The quantitative estimate of drug-likeness (QED) is 0.829. The molecular formula is C13H15F2NO3. The lowest BCUT2D eigenvalue weighted by Crippen LogP contribution is -2.43. The van der Waals surface area contributed by atoms with Gasteiger partial charge in [0.05, 0.1) is 5.69 Å². The maximum Gasteiger partial charge on any atom is 0.421 e. The second-order valence-electron chi connectivity index (χ2n) is 4.79. The highest BCUT2D eigenvalue weighted by Crippen LogP contribution is 2.19. The van der Waals surface area contributed by atoms with Gasteiger partial charge >= 0.3 is 18.4 Å². The average molecular weight is 271 g/mol. The Morgan fingerprint density at radius 3 is 2.11 bits per heavy atom. The van der Waals surface area contributed by atoms with E-state index in [-0.39, 0.29) is 5.69 Å². The van der Waals surface area contributed by atoms with Gasteiger partial charge in [0, 0.05) is 0 Å². The lowest BCUT2D eigenvalue weighted by molar-refractivity contribution is -0.128. The number of para-hydroxylation sites is 1. The maximum atomic E-state index is 12.6. The molecule has 0 N–H and O–H groups in total. The van der Waals surface area contributed by atoms with Crippen molar-refractivity contribution in [1.82, 2.24) is 0 Å². The van der Waals surface area contributed by atoms with Crippen LogP contribution < -0.4 is 4.90 Å². The Morgan fingerprint density at radius 1 is 1.16 bits per heavy atom. The van der Waals surface area contributed by atoms with E-state index in [4.69, 9.17) is 4.74 Å². The van der Waals surface area contributed by atoms with Gasteiger partial charge in [0.2, 0.25) is 0 Å². The molecule has 0 bridgehead atoms. The fourth-order valence-corrected chi connectivity index (χ4v) is 1.30. The molecule has 1 aromatic rings. The van der Waals surface area contributed by atoms with Gasteiger partial charge < -0.3 is 4.74 Å². The van der Waals surface area contributed by atoms with Gasteiger partial charge in [-0.2, -0.15) is 8.78 Å². The summed E-state index contributed by atoms with van der Waals surface area (Å²) in [6, 6.07) is 7.47. The van der Waals surface area contributed by atoms with E-state index in [0.29, 0.717) is 4.90 Å². The minimum atomic E-state index is -3.28. The van der Waals surface area contributed by atoms with Crippen LogP contribution in [-0.4, -0.2) is 24.0 Å². The Labute approximate surface area is 110 Å². The molecule has 2 amide bonds. The number of anilines is 1. The van der Waals surface area contributed by atoms with Crippen molar-refractivity contribution in [1.29, 1.82) is 0 Å². The Bertz CT molecular complexity index is 455. The first kappa shape index (κ1) is 15.1. The first-order chi connectivity index (χ1) is 8.72. The highest BCUT2D eigenvalue weighted by Gasteiger charge is 2.33. The molecule has 6 heteroatoms. The topological polar surface area (TPSA) is 46.6 Å². The molecule has 0 spiro atoms. The van der Waals surface area contributed by atoms with Crippen molar-refractivity contribution in [3.05, 3.63) is 30.3 Å². The molecule has 0 aliphatic heterocycles. The molecule has 0 aliphatic carbocycles. The molecule has 4 nitrogen and oxygen atoms in total. The highest BCUT2D eigenvalue weighted by atomic mass is 19.3. The van der Waals surface area contributed by atoms with Crippen molar-refractivity contribution < 1.29 is 23.1 Å². The summed E-state index contributed by atoms with van der Waals surface area (Å²) in [7, 11) is 0. The van der Waals surface area contributed by atoms with Crippen LogP contribution in [0.4, 0.5) is 19.3 Å². The number of nitrogens with zero attached hydrogens (tertiary/aromatic N) is 1. The second kappa shape index (κ2) is 5.77. The van der Waals surface area contributed by atoms with Gasteiger partial charge in [-0.3, -0.25) is 4.79 Å². The monoisotopic (exact) mass is 271 g/mol. The summed E-state index contributed by atoms with van der Waals surface area (Å²) in [5, 5.41) is 0. The lowest BCUT2D eigenvalue weighted by atomic mass is 10.2.